The number of hydrogen-bond donors (Lipinski definition) is 0. The molecule has 10 heteroatoms. The van der Waals surface area contributed by atoms with E-state index >= 15 is 0 Å². The number of halogens is 3. The molecule has 0 aliphatic heterocycles. The van der Waals surface area contributed by atoms with Crippen molar-refractivity contribution in [2.24, 2.45) is 0 Å². The van der Waals surface area contributed by atoms with Gasteiger partial charge in [-0.3, -0.25) is 0 Å². The molecule has 3 aromatic carbocycles. The lowest BCUT2D eigenvalue weighted by atomic mass is 9.91. The third kappa shape index (κ3) is 4.79. The third-order valence-electron chi connectivity index (χ3n) is 7.06. The molecule has 44 heavy (non-hydrogen) atoms. The van der Waals surface area contributed by atoms with Gasteiger partial charge in [0.2, 0.25) is 5.70 Å². The standard InChI is InChI=1S/C34H13F3N6S/c1-18-5-7-20(8-6-18)30-32(28(17-40)42-3)24-14-23-22(13-25(24)33(30)43-4)26(15-38)29(31(23)27(16-39)41-2)19-9-11-21(12-10-19)44-34(35,36)37/h5-14H,1H3/b31-27+,32-28-. The summed E-state index contributed by atoms with van der Waals surface area (Å²) < 4.78 is 38.8. The van der Waals surface area contributed by atoms with Crippen LogP contribution in [0.25, 0.3) is 48.1 Å². The number of nitriles is 3. The molecule has 0 bridgehead atoms. The maximum Gasteiger partial charge on any atom is 0.446 e. The molecule has 3 aromatic rings. The lowest BCUT2D eigenvalue weighted by Crippen LogP contribution is -1.99. The van der Waals surface area contributed by atoms with Crippen molar-refractivity contribution in [3.05, 3.63) is 145 Å². The molecule has 2 aliphatic rings. The van der Waals surface area contributed by atoms with Gasteiger partial charge in [0.05, 0.1) is 37.4 Å². The highest BCUT2D eigenvalue weighted by Gasteiger charge is 2.37. The lowest BCUT2D eigenvalue weighted by Gasteiger charge is -2.13. The minimum absolute atomic E-state index is 0.0646. The van der Waals surface area contributed by atoms with E-state index in [-0.39, 0.29) is 56.0 Å². The average molecular weight is 595 g/mol. The van der Waals surface area contributed by atoms with E-state index in [4.69, 9.17) is 19.7 Å². The Balaban J connectivity index is 1.85. The van der Waals surface area contributed by atoms with Crippen molar-refractivity contribution in [2.45, 2.75) is 17.3 Å². The molecule has 0 fully saturated rings. The summed E-state index contributed by atoms with van der Waals surface area (Å²) >= 11 is -0.297. The van der Waals surface area contributed by atoms with Gasteiger partial charge in [-0.25, -0.2) is 25.1 Å². The number of benzene rings is 3. The highest BCUT2D eigenvalue weighted by atomic mass is 32.2. The van der Waals surface area contributed by atoms with Gasteiger partial charge in [-0.2, -0.15) is 18.4 Å². The number of nitrogens with zero attached hydrogens (tertiary/aromatic N) is 6. The summed E-state index contributed by atoms with van der Waals surface area (Å²) in [4.78, 5) is 10.5. The smallest absolute Gasteiger partial charge is 0.237 e. The van der Waals surface area contributed by atoms with Gasteiger partial charge < -0.3 is 0 Å². The molecule has 0 spiro atoms. The van der Waals surface area contributed by atoms with Gasteiger partial charge in [0.15, 0.2) is 0 Å². The van der Waals surface area contributed by atoms with Crippen molar-refractivity contribution in [3.63, 3.8) is 0 Å². The molecule has 0 radical (unpaired) electrons. The molecular formula is C34H13F3N6S. The Labute approximate surface area is 254 Å². The molecule has 0 N–H and O–H groups in total. The number of hydrogen-bond acceptors (Lipinski definition) is 4. The fourth-order valence-electron chi connectivity index (χ4n) is 5.31. The zero-order chi connectivity index (χ0) is 31.8. The van der Waals surface area contributed by atoms with Crippen LogP contribution in [0.15, 0.2) is 77.0 Å². The molecular weight excluding hydrogens is 581 g/mol. The Kier molecular flexibility index (Phi) is 7.42. The second kappa shape index (κ2) is 11.2. The van der Waals surface area contributed by atoms with E-state index in [1.807, 2.05) is 31.2 Å². The van der Waals surface area contributed by atoms with Gasteiger partial charge in [0.25, 0.3) is 11.4 Å². The van der Waals surface area contributed by atoms with Crippen molar-refractivity contribution in [1.82, 2.24) is 0 Å². The van der Waals surface area contributed by atoms with Gasteiger partial charge >= 0.3 is 5.51 Å². The van der Waals surface area contributed by atoms with Crippen molar-refractivity contribution in [1.29, 1.82) is 15.8 Å². The minimum Gasteiger partial charge on any atom is -0.237 e. The number of aryl methyl sites for hydroxylation is 1. The zero-order valence-corrected chi connectivity index (χ0v) is 23.3. The first-order valence-corrected chi connectivity index (χ1v) is 13.4. The van der Waals surface area contributed by atoms with Crippen LogP contribution in [-0.2, 0) is 0 Å². The fourth-order valence-corrected chi connectivity index (χ4v) is 5.85. The average Bonchev–Trinajstić information content (AvgIpc) is 3.49. The molecule has 2 aliphatic carbocycles. The summed E-state index contributed by atoms with van der Waals surface area (Å²) in [6.07, 6.45) is 0. The molecule has 0 atom stereocenters. The summed E-state index contributed by atoms with van der Waals surface area (Å²) in [6, 6.07) is 21.6. The Morgan fingerprint density at radius 3 is 1.73 bits per heavy atom. The Hall–Kier alpha value is -6.30. The highest BCUT2D eigenvalue weighted by Crippen LogP contribution is 2.55. The topological polar surface area (TPSA) is 84.5 Å². The summed E-state index contributed by atoms with van der Waals surface area (Å²) in [5.41, 5.74) is -0.804. The number of fused-ring (bicyclic) bond motifs is 2. The van der Waals surface area contributed by atoms with Crippen LogP contribution in [0.2, 0.25) is 0 Å². The maximum absolute atomic E-state index is 12.9. The first kappa shape index (κ1) is 29.2. The fraction of sp³-hybridized carbons (Fsp3) is 0.0588. The number of thioether (sulfide) groups is 1. The molecule has 0 unspecified atom stereocenters. The molecule has 6 nitrogen and oxygen atoms in total. The van der Waals surface area contributed by atoms with Crippen molar-refractivity contribution < 1.29 is 13.2 Å². The molecule has 0 aromatic heterocycles. The predicted octanol–water partition coefficient (Wildman–Crippen LogP) is 9.16. The molecule has 0 saturated heterocycles. The number of alkyl halides is 3. The van der Waals surface area contributed by atoms with Crippen LogP contribution in [0.3, 0.4) is 0 Å². The van der Waals surface area contributed by atoms with Crippen molar-refractivity contribution >= 4 is 45.3 Å². The Morgan fingerprint density at radius 1 is 0.727 bits per heavy atom. The van der Waals surface area contributed by atoms with Gasteiger partial charge in [-0.05, 0) is 87.0 Å². The van der Waals surface area contributed by atoms with Crippen molar-refractivity contribution in [3.8, 4) is 18.2 Å². The zero-order valence-electron chi connectivity index (χ0n) is 22.5. The SMILES string of the molecule is [C-]#[N+]C1=C(c2ccc(C)cc2)/C(=C(/C#N)[N+]#[C-])c2cc3c(cc21)C(C#N)=C(c1ccc(SC(F)(F)F)cc1)/C3=C(\C#N)[N+]#[C-]. The lowest BCUT2D eigenvalue weighted by molar-refractivity contribution is -0.0328. The van der Waals surface area contributed by atoms with E-state index in [0.29, 0.717) is 39.0 Å². The van der Waals surface area contributed by atoms with Gasteiger partial charge in [-0.1, -0.05) is 48.0 Å². The van der Waals surface area contributed by atoms with Gasteiger partial charge in [0.1, 0.15) is 6.07 Å². The quantitative estimate of drug-likeness (QED) is 0.172. The predicted molar refractivity (Wildman–Crippen MR) is 160 cm³/mol. The second-order valence-corrected chi connectivity index (χ2v) is 10.6. The van der Waals surface area contributed by atoms with E-state index in [2.05, 4.69) is 20.6 Å². The largest absolute Gasteiger partial charge is 0.446 e. The molecule has 0 heterocycles. The van der Waals surface area contributed by atoms with Crippen molar-refractivity contribution in [2.75, 3.05) is 0 Å². The van der Waals surface area contributed by atoms with E-state index in [9.17, 15) is 29.0 Å². The van der Waals surface area contributed by atoms with Crippen LogP contribution in [0.4, 0.5) is 13.2 Å². The summed E-state index contributed by atoms with van der Waals surface area (Å²) in [6.45, 7) is 25.3. The molecule has 0 saturated carbocycles. The number of allylic oxidation sites excluding steroid dienone is 7. The molecule has 0 amide bonds. The summed E-state index contributed by atoms with van der Waals surface area (Å²) in [5, 5.41) is 30.2. The molecule has 5 rings (SSSR count). The van der Waals surface area contributed by atoms with Crippen LogP contribution >= 0.6 is 11.8 Å². The Morgan fingerprint density at radius 2 is 1.23 bits per heavy atom. The monoisotopic (exact) mass is 594 g/mol. The Bertz CT molecular complexity index is 2140. The summed E-state index contributed by atoms with van der Waals surface area (Å²) in [7, 11) is 0. The summed E-state index contributed by atoms with van der Waals surface area (Å²) in [5.74, 6) is 0. The first-order chi connectivity index (χ1) is 21.1. The maximum atomic E-state index is 12.9. The van der Waals surface area contributed by atoms with Gasteiger partial charge in [-0.15, -0.1) is 0 Å². The van der Waals surface area contributed by atoms with Crippen LogP contribution in [0.1, 0.15) is 38.9 Å². The van der Waals surface area contributed by atoms with E-state index in [1.165, 1.54) is 24.3 Å². The number of rotatable bonds is 3. The molecule has 206 valence electrons. The minimum atomic E-state index is -4.50. The first-order valence-electron chi connectivity index (χ1n) is 12.5. The van der Waals surface area contributed by atoms with E-state index in [1.54, 1.807) is 24.3 Å². The van der Waals surface area contributed by atoms with Crippen LogP contribution in [0.5, 0.6) is 0 Å². The van der Waals surface area contributed by atoms with Crippen LogP contribution in [0, 0.1) is 60.6 Å². The van der Waals surface area contributed by atoms with E-state index in [0.717, 1.165) is 5.56 Å². The van der Waals surface area contributed by atoms with E-state index < -0.39 is 5.51 Å². The second-order valence-electron chi connectivity index (χ2n) is 9.47. The normalized spacial score (nSPS) is 15.6. The van der Waals surface area contributed by atoms with Gasteiger partial charge in [0, 0.05) is 10.5 Å². The third-order valence-corrected chi connectivity index (χ3v) is 7.80. The van der Waals surface area contributed by atoms with Crippen LogP contribution in [-0.4, -0.2) is 5.51 Å². The van der Waals surface area contributed by atoms with Crippen LogP contribution < -0.4 is 0 Å². The highest BCUT2D eigenvalue weighted by molar-refractivity contribution is 8.00.